The minimum Gasteiger partial charge on any atom is -0.493 e. The monoisotopic (exact) mass is 374 g/mol. The summed E-state index contributed by atoms with van der Waals surface area (Å²) in [4.78, 5) is 13.7. The van der Waals surface area contributed by atoms with E-state index in [0.29, 0.717) is 37.8 Å². The number of unbranched alkanes of at least 4 members (excludes halogenated alkanes) is 1. The fraction of sp³-hybridized carbons (Fsp3) is 0.600. The lowest BCUT2D eigenvalue weighted by Gasteiger charge is -2.31. The number of hydrogen-bond acceptors (Lipinski definition) is 6. The average Bonchev–Trinajstić information content (AvgIpc) is 2.70. The number of hydrogen-bond donors (Lipinski definition) is 2. The van der Waals surface area contributed by atoms with Crippen LogP contribution >= 0.6 is 0 Å². The van der Waals surface area contributed by atoms with Crippen molar-refractivity contribution < 1.29 is 14.3 Å². The van der Waals surface area contributed by atoms with Crippen LogP contribution in [0.3, 0.4) is 0 Å². The largest absolute Gasteiger partial charge is 0.493 e. The summed E-state index contributed by atoms with van der Waals surface area (Å²) in [6, 6.07) is 8.53. The van der Waals surface area contributed by atoms with Crippen molar-refractivity contribution in [2.45, 2.75) is 38.3 Å². The first-order chi connectivity index (χ1) is 13.2. The van der Waals surface area contributed by atoms with Crippen LogP contribution in [0.25, 0.3) is 0 Å². The van der Waals surface area contributed by atoms with Crippen LogP contribution in [0.1, 0.15) is 31.2 Å². The second-order valence-electron chi connectivity index (χ2n) is 6.70. The SMILES string of the molecule is CNC(=O)CN1CCC(NCc2ccc(OC)c(OCCCC#N)c2)CC1. The standard InChI is InChI=1S/C20H30N4O3/c1-22-20(25)15-24-10-7-17(8-11-24)23-14-16-5-6-18(26-2)19(13-16)27-12-4-3-9-21/h5-6,13,17,23H,3-4,7-8,10-12,14-15H2,1-2H3,(H,22,25). The maximum atomic E-state index is 11.5. The smallest absolute Gasteiger partial charge is 0.233 e. The first kappa shape index (κ1) is 21.0. The first-order valence-corrected chi connectivity index (χ1v) is 9.49. The molecule has 1 aromatic rings. The molecule has 0 saturated carbocycles. The summed E-state index contributed by atoms with van der Waals surface area (Å²) in [6.45, 7) is 3.61. The number of nitrogens with one attached hydrogen (secondary N) is 2. The van der Waals surface area contributed by atoms with Crippen LogP contribution < -0.4 is 20.1 Å². The minimum absolute atomic E-state index is 0.0712. The van der Waals surface area contributed by atoms with Crippen LogP contribution in [0, 0.1) is 11.3 Å². The average molecular weight is 374 g/mol. The van der Waals surface area contributed by atoms with Crippen molar-refractivity contribution in [3.63, 3.8) is 0 Å². The molecule has 148 valence electrons. The van der Waals surface area contributed by atoms with Gasteiger partial charge in [-0.25, -0.2) is 0 Å². The molecule has 1 aromatic carbocycles. The number of ether oxygens (including phenoxy) is 2. The minimum atomic E-state index is 0.0712. The Hall–Kier alpha value is -2.30. The molecule has 1 heterocycles. The molecule has 1 fully saturated rings. The second-order valence-corrected chi connectivity index (χ2v) is 6.70. The summed E-state index contributed by atoms with van der Waals surface area (Å²) in [7, 11) is 3.30. The van der Waals surface area contributed by atoms with Crippen molar-refractivity contribution in [2.75, 3.05) is 40.4 Å². The molecule has 0 aliphatic carbocycles. The van der Waals surface area contributed by atoms with Gasteiger partial charge in [-0.15, -0.1) is 0 Å². The van der Waals surface area contributed by atoms with E-state index in [-0.39, 0.29) is 5.91 Å². The fourth-order valence-electron chi connectivity index (χ4n) is 3.12. The lowest BCUT2D eigenvalue weighted by atomic mass is 10.0. The lowest BCUT2D eigenvalue weighted by molar-refractivity contribution is -0.122. The third kappa shape index (κ3) is 7.08. The number of amides is 1. The van der Waals surface area contributed by atoms with E-state index in [9.17, 15) is 4.79 Å². The molecule has 1 saturated heterocycles. The number of carbonyl (C=O) groups excluding carboxylic acids is 1. The highest BCUT2D eigenvalue weighted by atomic mass is 16.5. The van der Waals surface area contributed by atoms with E-state index in [4.69, 9.17) is 14.7 Å². The van der Waals surface area contributed by atoms with E-state index in [1.54, 1.807) is 14.2 Å². The number of carbonyl (C=O) groups is 1. The predicted molar refractivity (Wildman–Crippen MR) is 104 cm³/mol. The zero-order valence-electron chi connectivity index (χ0n) is 16.3. The summed E-state index contributed by atoms with van der Waals surface area (Å²) in [5.74, 6) is 1.50. The topological polar surface area (TPSA) is 86.6 Å². The highest BCUT2D eigenvalue weighted by Crippen LogP contribution is 2.28. The van der Waals surface area contributed by atoms with Crippen LogP contribution in [-0.2, 0) is 11.3 Å². The number of likely N-dealkylation sites (N-methyl/N-ethyl adjacent to an activating group) is 1. The predicted octanol–water partition coefficient (Wildman–Crippen LogP) is 1.68. The zero-order valence-corrected chi connectivity index (χ0v) is 16.3. The van der Waals surface area contributed by atoms with Crippen molar-refractivity contribution in [3.8, 4) is 17.6 Å². The number of benzene rings is 1. The molecule has 1 aliphatic rings. The van der Waals surface area contributed by atoms with Crippen LogP contribution in [0.4, 0.5) is 0 Å². The molecule has 0 spiro atoms. The Morgan fingerprint density at radius 3 is 2.78 bits per heavy atom. The second kappa shape index (κ2) is 11.4. The molecule has 0 radical (unpaired) electrons. The lowest BCUT2D eigenvalue weighted by Crippen LogP contribution is -2.45. The Kier molecular flexibility index (Phi) is 8.89. The Morgan fingerprint density at radius 1 is 1.33 bits per heavy atom. The maximum absolute atomic E-state index is 11.5. The summed E-state index contributed by atoms with van der Waals surface area (Å²) in [6.07, 6.45) is 3.26. The highest BCUT2D eigenvalue weighted by Gasteiger charge is 2.20. The molecule has 27 heavy (non-hydrogen) atoms. The molecular weight excluding hydrogens is 344 g/mol. The molecule has 1 aliphatic heterocycles. The van der Waals surface area contributed by atoms with Gasteiger partial charge in [-0.1, -0.05) is 6.07 Å². The van der Waals surface area contributed by atoms with Gasteiger partial charge >= 0.3 is 0 Å². The summed E-state index contributed by atoms with van der Waals surface area (Å²) < 4.78 is 11.1. The Bertz CT molecular complexity index is 637. The first-order valence-electron chi connectivity index (χ1n) is 9.49. The van der Waals surface area contributed by atoms with Crippen molar-refractivity contribution in [1.29, 1.82) is 5.26 Å². The molecule has 2 rings (SSSR count). The number of piperidine rings is 1. The molecule has 7 heteroatoms. The quantitative estimate of drug-likeness (QED) is 0.606. The number of nitriles is 1. The molecule has 0 aromatic heterocycles. The molecule has 1 amide bonds. The van der Waals surface area contributed by atoms with E-state index < -0.39 is 0 Å². The van der Waals surface area contributed by atoms with E-state index in [2.05, 4.69) is 21.6 Å². The Morgan fingerprint density at radius 2 is 2.11 bits per heavy atom. The van der Waals surface area contributed by atoms with Gasteiger partial charge in [0, 0.05) is 39.1 Å². The third-order valence-corrected chi connectivity index (χ3v) is 4.75. The Labute approximate surface area is 161 Å². The normalized spacial score (nSPS) is 15.1. The number of likely N-dealkylation sites (tertiary alicyclic amines) is 1. The molecule has 2 N–H and O–H groups in total. The van der Waals surface area contributed by atoms with Crippen LogP contribution in [0.2, 0.25) is 0 Å². The van der Waals surface area contributed by atoms with Gasteiger partial charge in [0.25, 0.3) is 0 Å². The molecule has 0 atom stereocenters. The van der Waals surface area contributed by atoms with Gasteiger partial charge < -0.3 is 20.1 Å². The van der Waals surface area contributed by atoms with E-state index in [1.165, 1.54) is 0 Å². The van der Waals surface area contributed by atoms with Gasteiger partial charge in [0.15, 0.2) is 11.5 Å². The van der Waals surface area contributed by atoms with E-state index >= 15 is 0 Å². The van der Waals surface area contributed by atoms with Gasteiger partial charge in [-0.3, -0.25) is 9.69 Å². The van der Waals surface area contributed by atoms with Crippen LogP contribution in [-0.4, -0.2) is 57.2 Å². The van der Waals surface area contributed by atoms with Gasteiger partial charge in [-0.2, -0.15) is 5.26 Å². The molecule has 0 bridgehead atoms. The fourth-order valence-corrected chi connectivity index (χ4v) is 3.12. The van der Waals surface area contributed by atoms with E-state index in [1.807, 2.05) is 18.2 Å². The Balaban J connectivity index is 1.80. The molecule has 7 nitrogen and oxygen atoms in total. The highest BCUT2D eigenvalue weighted by molar-refractivity contribution is 5.77. The number of rotatable bonds is 10. The van der Waals surface area contributed by atoms with Gasteiger partial charge in [0.1, 0.15) is 0 Å². The third-order valence-electron chi connectivity index (χ3n) is 4.75. The maximum Gasteiger partial charge on any atom is 0.233 e. The van der Waals surface area contributed by atoms with Gasteiger partial charge in [-0.05, 0) is 37.0 Å². The van der Waals surface area contributed by atoms with Crippen molar-refractivity contribution in [1.82, 2.24) is 15.5 Å². The number of nitrogens with zero attached hydrogens (tertiary/aromatic N) is 2. The molecule has 0 unspecified atom stereocenters. The van der Waals surface area contributed by atoms with Gasteiger partial charge in [0.05, 0.1) is 26.3 Å². The van der Waals surface area contributed by atoms with Crippen molar-refractivity contribution >= 4 is 5.91 Å². The van der Waals surface area contributed by atoms with Crippen molar-refractivity contribution in [2.24, 2.45) is 0 Å². The van der Waals surface area contributed by atoms with E-state index in [0.717, 1.165) is 43.8 Å². The zero-order chi connectivity index (χ0) is 19.5. The van der Waals surface area contributed by atoms with Crippen LogP contribution in [0.5, 0.6) is 11.5 Å². The van der Waals surface area contributed by atoms with Crippen molar-refractivity contribution in [3.05, 3.63) is 23.8 Å². The number of methoxy groups -OCH3 is 1. The summed E-state index contributed by atoms with van der Waals surface area (Å²) in [5, 5.41) is 14.9. The molecular formula is C20H30N4O3. The summed E-state index contributed by atoms with van der Waals surface area (Å²) >= 11 is 0. The van der Waals surface area contributed by atoms with Gasteiger partial charge in [0.2, 0.25) is 5.91 Å². The van der Waals surface area contributed by atoms with Crippen LogP contribution in [0.15, 0.2) is 18.2 Å². The summed E-state index contributed by atoms with van der Waals surface area (Å²) in [5.41, 5.74) is 1.14.